The van der Waals surface area contributed by atoms with Crippen molar-refractivity contribution in [3.05, 3.63) is 33.7 Å². The Morgan fingerprint density at radius 3 is 2.95 bits per heavy atom. The van der Waals surface area contributed by atoms with Crippen molar-refractivity contribution in [2.45, 2.75) is 5.16 Å². The van der Waals surface area contributed by atoms with E-state index in [0.29, 0.717) is 21.6 Å². The molecule has 2 aromatic rings. The van der Waals surface area contributed by atoms with Crippen LogP contribution in [0.4, 0.5) is 11.4 Å². The van der Waals surface area contributed by atoms with E-state index >= 15 is 0 Å². The Labute approximate surface area is 123 Å². The second-order valence-corrected chi connectivity index (χ2v) is 5.30. The third-order valence-corrected chi connectivity index (χ3v) is 3.78. The zero-order valence-electron chi connectivity index (χ0n) is 10.5. The molecule has 0 bridgehead atoms. The van der Waals surface area contributed by atoms with E-state index in [1.165, 1.54) is 4.57 Å². The molecular weight excluding hydrogens is 302 g/mol. The number of aromatic nitrogens is 3. The smallest absolute Gasteiger partial charge is 0.343 e. The third-order valence-electron chi connectivity index (χ3n) is 2.44. The number of halogens is 1. The predicted octanol–water partition coefficient (Wildman–Crippen LogP) is 1.07. The molecule has 0 saturated carbocycles. The van der Waals surface area contributed by atoms with Crippen LogP contribution < -0.4 is 16.7 Å². The van der Waals surface area contributed by atoms with Gasteiger partial charge in [-0.25, -0.2) is 9.89 Å². The first-order valence-corrected chi connectivity index (χ1v) is 6.93. The van der Waals surface area contributed by atoms with Gasteiger partial charge in [0.2, 0.25) is 5.91 Å². The number of amides is 1. The lowest BCUT2D eigenvalue weighted by Crippen LogP contribution is -2.16. The van der Waals surface area contributed by atoms with Crippen molar-refractivity contribution in [3.63, 3.8) is 0 Å². The number of nitrogen functional groups attached to an aromatic ring is 1. The highest BCUT2D eigenvalue weighted by atomic mass is 35.5. The lowest BCUT2D eigenvalue weighted by atomic mass is 10.3. The number of rotatable bonds is 4. The third kappa shape index (κ3) is 3.34. The predicted molar refractivity (Wildman–Crippen MR) is 79.0 cm³/mol. The molecule has 0 radical (unpaired) electrons. The minimum atomic E-state index is -0.325. The summed E-state index contributed by atoms with van der Waals surface area (Å²) in [6.45, 7) is 0. The summed E-state index contributed by atoms with van der Waals surface area (Å²) in [4.78, 5) is 22.9. The van der Waals surface area contributed by atoms with Crippen molar-refractivity contribution >= 4 is 40.6 Å². The van der Waals surface area contributed by atoms with Crippen molar-refractivity contribution < 1.29 is 4.79 Å². The molecule has 7 nitrogen and oxygen atoms in total. The van der Waals surface area contributed by atoms with Gasteiger partial charge in [0, 0.05) is 12.7 Å². The quantitative estimate of drug-likeness (QED) is 0.578. The standard InChI is InChI=1S/C11H12ClN5O2S/c1-17-10(19)15-16-11(17)20-5-9(18)14-8-3-2-6(13)4-7(8)12/h2-4H,5,13H2,1H3,(H,14,18)(H,15,19). The van der Waals surface area contributed by atoms with Crippen LogP contribution in [0.5, 0.6) is 0 Å². The molecule has 0 aliphatic rings. The van der Waals surface area contributed by atoms with Crippen LogP contribution in [0.2, 0.25) is 5.02 Å². The highest BCUT2D eigenvalue weighted by Gasteiger charge is 2.10. The largest absolute Gasteiger partial charge is 0.399 e. The van der Waals surface area contributed by atoms with Gasteiger partial charge >= 0.3 is 5.69 Å². The second-order valence-electron chi connectivity index (χ2n) is 3.95. The van der Waals surface area contributed by atoms with Gasteiger partial charge in [0.05, 0.1) is 16.5 Å². The molecule has 20 heavy (non-hydrogen) atoms. The summed E-state index contributed by atoms with van der Waals surface area (Å²) in [5.41, 5.74) is 6.25. The van der Waals surface area contributed by atoms with Gasteiger partial charge in [0.1, 0.15) is 0 Å². The molecule has 0 saturated heterocycles. The van der Waals surface area contributed by atoms with Crippen molar-refractivity contribution in [3.8, 4) is 0 Å². The van der Waals surface area contributed by atoms with Crippen molar-refractivity contribution in [1.82, 2.24) is 14.8 Å². The van der Waals surface area contributed by atoms with E-state index in [1.807, 2.05) is 0 Å². The lowest BCUT2D eigenvalue weighted by molar-refractivity contribution is -0.113. The zero-order valence-corrected chi connectivity index (χ0v) is 12.1. The summed E-state index contributed by atoms with van der Waals surface area (Å²) in [6.07, 6.45) is 0. The van der Waals surface area contributed by atoms with Crippen molar-refractivity contribution in [1.29, 1.82) is 0 Å². The van der Waals surface area contributed by atoms with Gasteiger partial charge in [-0.3, -0.25) is 9.36 Å². The molecule has 106 valence electrons. The number of hydrogen-bond acceptors (Lipinski definition) is 5. The summed E-state index contributed by atoms with van der Waals surface area (Å²) >= 11 is 7.10. The SMILES string of the molecule is Cn1c(SCC(=O)Nc2ccc(N)cc2Cl)n[nH]c1=O. The van der Waals surface area contributed by atoms with E-state index in [0.717, 1.165) is 11.8 Å². The van der Waals surface area contributed by atoms with Crippen LogP contribution in [0.25, 0.3) is 0 Å². The maximum absolute atomic E-state index is 11.8. The molecule has 0 unspecified atom stereocenters. The first-order chi connectivity index (χ1) is 9.47. The average Bonchev–Trinajstić information content (AvgIpc) is 2.71. The molecule has 2 rings (SSSR count). The first kappa shape index (κ1) is 14.5. The van der Waals surface area contributed by atoms with Gasteiger partial charge < -0.3 is 11.1 Å². The summed E-state index contributed by atoms with van der Waals surface area (Å²) in [6, 6.07) is 4.83. The average molecular weight is 314 g/mol. The molecule has 0 atom stereocenters. The van der Waals surface area contributed by atoms with Crippen LogP contribution in [-0.4, -0.2) is 26.4 Å². The van der Waals surface area contributed by atoms with Gasteiger partial charge in [0.15, 0.2) is 5.16 Å². The number of nitrogens with one attached hydrogen (secondary N) is 2. The van der Waals surface area contributed by atoms with E-state index in [9.17, 15) is 9.59 Å². The minimum Gasteiger partial charge on any atom is -0.399 e. The Morgan fingerprint density at radius 1 is 1.60 bits per heavy atom. The van der Waals surface area contributed by atoms with Gasteiger partial charge in [-0.2, -0.15) is 0 Å². The van der Waals surface area contributed by atoms with E-state index in [4.69, 9.17) is 17.3 Å². The molecule has 1 aromatic heterocycles. The van der Waals surface area contributed by atoms with Gasteiger partial charge in [-0.1, -0.05) is 23.4 Å². The van der Waals surface area contributed by atoms with Crippen LogP contribution in [-0.2, 0) is 11.8 Å². The monoisotopic (exact) mass is 313 g/mol. The molecule has 0 aliphatic carbocycles. The number of carbonyl (C=O) groups excluding carboxylic acids is 1. The van der Waals surface area contributed by atoms with Crippen LogP contribution in [0.1, 0.15) is 0 Å². The Kier molecular flexibility index (Phi) is 4.35. The van der Waals surface area contributed by atoms with Gasteiger partial charge in [-0.15, -0.1) is 5.10 Å². The molecule has 4 N–H and O–H groups in total. The number of nitrogens with two attached hydrogens (primary N) is 1. The van der Waals surface area contributed by atoms with E-state index in [-0.39, 0.29) is 17.3 Å². The summed E-state index contributed by atoms with van der Waals surface area (Å²) in [7, 11) is 1.57. The van der Waals surface area contributed by atoms with E-state index in [1.54, 1.807) is 25.2 Å². The molecule has 1 amide bonds. The van der Waals surface area contributed by atoms with E-state index in [2.05, 4.69) is 15.5 Å². The number of benzene rings is 1. The van der Waals surface area contributed by atoms with Crippen LogP contribution in [0.15, 0.2) is 28.2 Å². The molecule has 0 spiro atoms. The van der Waals surface area contributed by atoms with Crippen LogP contribution in [0, 0.1) is 0 Å². The van der Waals surface area contributed by atoms with Gasteiger partial charge in [-0.05, 0) is 18.2 Å². The number of hydrogen-bond donors (Lipinski definition) is 3. The van der Waals surface area contributed by atoms with Crippen LogP contribution in [0.3, 0.4) is 0 Å². The Balaban J connectivity index is 1.96. The second kappa shape index (κ2) is 6.02. The normalized spacial score (nSPS) is 10.5. The topological polar surface area (TPSA) is 106 Å². The molecule has 1 aromatic carbocycles. The number of nitrogens with zero attached hydrogens (tertiary/aromatic N) is 2. The number of thioether (sulfide) groups is 1. The van der Waals surface area contributed by atoms with Crippen molar-refractivity contribution in [2.24, 2.45) is 7.05 Å². The molecule has 0 fully saturated rings. The molecule has 9 heteroatoms. The Morgan fingerprint density at radius 2 is 2.35 bits per heavy atom. The van der Waals surface area contributed by atoms with E-state index < -0.39 is 0 Å². The number of aromatic amines is 1. The van der Waals surface area contributed by atoms with Crippen molar-refractivity contribution in [2.75, 3.05) is 16.8 Å². The minimum absolute atomic E-state index is 0.110. The maximum atomic E-state index is 11.8. The zero-order chi connectivity index (χ0) is 14.7. The van der Waals surface area contributed by atoms with Gasteiger partial charge in [0.25, 0.3) is 0 Å². The maximum Gasteiger partial charge on any atom is 0.343 e. The number of carbonyl (C=O) groups is 1. The molecule has 1 heterocycles. The molecule has 0 aliphatic heterocycles. The first-order valence-electron chi connectivity index (χ1n) is 5.56. The Hall–Kier alpha value is -1.93. The Bertz CT molecular complexity index is 696. The fraction of sp³-hybridized carbons (Fsp3) is 0.182. The number of anilines is 2. The summed E-state index contributed by atoms with van der Waals surface area (Å²) in [5, 5.41) is 9.56. The number of H-pyrrole nitrogens is 1. The molecular formula is C11H12ClN5O2S. The fourth-order valence-electron chi connectivity index (χ4n) is 1.41. The lowest BCUT2D eigenvalue weighted by Gasteiger charge is -2.07. The fourth-order valence-corrected chi connectivity index (χ4v) is 2.37. The van der Waals surface area contributed by atoms with Crippen LogP contribution >= 0.6 is 23.4 Å². The summed E-state index contributed by atoms with van der Waals surface area (Å²) in [5.74, 6) is -0.143. The summed E-state index contributed by atoms with van der Waals surface area (Å²) < 4.78 is 1.33. The highest BCUT2D eigenvalue weighted by Crippen LogP contribution is 2.24. The highest BCUT2D eigenvalue weighted by molar-refractivity contribution is 7.99.